The van der Waals surface area contributed by atoms with Gasteiger partial charge >= 0.3 is 0 Å². The number of nitrogens with one attached hydrogen (secondary N) is 2. The van der Waals surface area contributed by atoms with E-state index < -0.39 is 0 Å². The van der Waals surface area contributed by atoms with Crippen LogP contribution in [-0.2, 0) is 17.8 Å². The van der Waals surface area contributed by atoms with Crippen LogP contribution in [-0.4, -0.2) is 53.6 Å². The third-order valence-corrected chi connectivity index (χ3v) is 4.98. The van der Waals surface area contributed by atoms with Crippen molar-refractivity contribution in [1.82, 2.24) is 25.7 Å². The summed E-state index contributed by atoms with van der Waals surface area (Å²) < 4.78 is 5.44. The van der Waals surface area contributed by atoms with Gasteiger partial charge in [-0.2, -0.15) is 0 Å². The number of aromatic nitrogens is 2. The van der Waals surface area contributed by atoms with E-state index in [2.05, 4.69) is 39.6 Å². The zero-order valence-electron chi connectivity index (χ0n) is 18.9. The van der Waals surface area contributed by atoms with Crippen molar-refractivity contribution in [3.8, 4) is 0 Å². The second-order valence-corrected chi connectivity index (χ2v) is 7.17. The standard InChI is InChI=1S/C22H34N6O2.HI/c1-5-17(6-2)20-14-19(30-27-20)15-25-22(23-7-3)26-16-21(29)28(4)13-11-18-10-8-9-12-24-18;/h8-10,12,14,17H,5-7,11,13,15-16H2,1-4H3,(H2,23,25,26);1H. The summed E-state index contributed by atoms with van der Waals surface area (Å²) in [6, 6.07) is 7.78. The molecule has 0 fully saturated rings. The number of carbonyl (C=O) groups excluding carboxylic acids is 1. The van der Waals surface area contributed by atoms with Crippen molar-refractivity contribution >= 4 is 35.8 Å². The Morgan fingerprint density at radius 3 is 2.65 bits per heavy atom. The highest BCUT2D eigenvalue weighted by molar-refractivity contribution is 14.0. The van der Waals surface area contributed by atoms with E-state index in [1.54, 1.807) is 18.1 Å². The molecule has 0 saturated carbocycles. The highest BCUT2D eigenvalue weighted by Gasteiger charge is 2.13. The van der Waals surface area contributed by atoms with Gasteiger partial charge in [-0.1, -0.05) is 25.1 Å². The Morgan fingerprint density at radius 2 is 2.00 bits per heavy atom. The lowest BCUT2D eigenvalue weighted by Gasteiger charge is -2.16. The molecule has 0 radical (unpaired) electrons. The fraction of sp³-hybridized carbons (Fsp3) is 0.545. The number of nitrogens with zero attached hydrogens (tertiary/aromatic N) is 4. The Hall–Kier alpha value is -2.17. The van der Waals surface area contributed by atoms with Gasteiger partial charge in [0.15, 0.2) is 11.7 Å². The Labute approximate surface area is 202 Å². The van der Waals surface area contributed by atoms with Gasteiger partial charge in [-0.3, -0.25) is 9.78 Å². The summed E-state index contributed by atoms with van der Waals surface area (Å²) in [5, 5.41) is 10.5. The largest absolute Gasteiger partial charge is 0.359 e. The summed E-state index contributed by atoms with van der Waals surface area (Å²) in [5.74, 6) is 1.70. The first-order valence-electron chi connectivity index (χ1n) is 10.7. The van der Waals surface area contributed by atoms with Crippen molar-refractivity contribution in [1.29, 1.82) is 0 Å². The molecule has 0 atom stereocenters. The summed E-state index contributed by atoms with van der Waals surface area (Å²) >= 11 is 0. The van der Waals surface area contributed by atoms with Crippen LogP contribution in [0.5, 0.6) is 0 Å². The van der Waals surface area contributed by atoms with Crippen LogP contribution in [0.15, 0.2) is 40.0 Å². The fourth-order valence-electron chi connectivity index (χ4n) is 3.04. The number of carbonyl (C=O) groups is 1. The van der Waals surface area contributed by atoms with Crippen LogP contribution in [0, 0.1) is 0 Å². The Morgan fingerprint density at radius 1 is 1.23 bits per heavy atom. The lowest BCUT2D eigenvalue weighted by atomic mass is 9.99. The number of amides is 1. The minimum absolute atomic E-state index is 0. The maximum absolute atomic E-state index is 12.4. The molecule has 9 heteroatoms. The molecule has 2 rings (SSSR count). The van der Waals surface area contributed by atoms with Gasteiger partial charge in [0.1, 0.15) is 6.54 Å². The highest BCUT2D eigenvalue weighted by Crippen LogP contribution is 2.22. The lowest BCUT2D eigenvalue weighted by Crippen LogP contribution is -2.38. The topological polar surface area (TPSA) is 95.7 Å². The van der Waals surface area contributed by atoms with Crippen molar-refractivity contribution in [2.75, 3.05) is 26.7 Å². The third-order valence-electron chi connectivity index (χ3n) is 4.98. The SMILES string of the molecule is CCNC(=NCC(=O)N(C)CCc1ccccn1)NCc1cc(C(CC)CC)no1.I. The van der Waals surface area contributed by atoms with Crippen LogP contribution in [0.4, 0.5) is 0 Å². The van der Waals surface area contributed by atoms with Gasteiger partial charge in [-0.25, -0.2) is 4.99 Å². The summed E-state index contributed by atoms with van der Waals surface area (Å²) in [7, 11) is 1.79. The van der Waals surface area contributed by atoms with Crippen LogP contribution in [0.3, 0.4) is 0 Å². The zero-order valence-corrected chi connectivity index (χ0v) is 21.3. The van der Waals surface area contributed by atoms with Gasteiger partial charge in [-0.15, -0.1) is 24.0 Å². The molecule has 0 aliphatic heterocycles. The minimum atomic E-state index is -0.0428. The minimum Gasteiger partial charge on any atom is -0.359 e. The Bertz CT molecular complexity index is 792. The van der Waals surface area contributed by atoms with Crippen LogP contribution >= 0.6 is 24.0 Å². The van der Waals surface area contributed by atoms with Crippen molar-refractivity contribution < 1.29 is 9.32 Å². The molecule has 8 nitrogen and oxygen atoms in total. The normalized spacial score (nSPS) is 11.2. The van der Waals surface area contributed by atoms with Gasteiger partial charge in [-0.05, 0) is 31.9 Å². The molecule has 2 N–H and O–H groups in total. The molecular weight excluding hydrogens is 507 g/mol. The quantitative estimate of drug-likeness (QED) is 0.257. The highest BCUT2D eigenvalue weighted by atomic mass is 127. The van der Waals surface area contributed by atoms with Crippen LogP contribution < -0.4 is 10.6 Å². The average molecular weight is 542 g/mol. The number of pyridine rings is 1. The monoisotopic (exact) mass is 542 g/mol. The number of rotatable bonds is 11. The maximum Gasteiger partial charge on any atom is 0.244 e. The molecule has 1 amide bonds. The summed E-state index contributed by atoms with van der Waals surface area (Å²) in [6.45, 7) is 8.13. The molecule has 0 unspecified atom stereocenters. The van der Waals surface area contributed by atoms with E-state index in [0.29, 0.717) is 31.5 Å². The van der Waals surface area contributed by atoms with Gasteiger partial charge in [0.05, 0.1) is 12.2 Å². The number of hydrogen-bond donors (Lipinski definition) is 2. The average Bonchev–Trinajstić information content (AvgIpc) is 3.24. The molecule has 2 aromatic rings. The Balaban J connectivity index is 0.00000480. The van der Waals surface area contributed by atoms with Gasteiger partial charge in [0.2, 0.25) is 5.91 Å². The van der Waals surface area contributed by atoms with Crippen LogP contribution in [0.2, 0.25) is 0 Å². The molecule has 2 heterocycles. The van der Waals surface area contributed by atoms with Gasteiger partial charge in [0, 0.05) is 50.4 Å². The molecule has 172 valence electrons. The summed E-state index contributed by atoms with van der Waals surface area (Å²) in [6.07, 6.45) is 4.55. The molecule has 0 bridgehead atoms. The summed E-state index contributed by atoms with van der Waals surface area (Å²) in [4.78, 5) is 22.8. The molecule has 31 heavy (non-hydrogen) atoms. The van der Waals surface area contributed by atoms with Gasteiger partial charge in [0.25, 0.3) is 0 Å². The molecule has 0 aromatic carbocycles. The lowest BCUT2D eigenvalue weighted by molar-refractivity contribution is -0.128. The van der Waals surface area contributed by atoms with Crippen LogP contribution in [0.1, 0.15) is 56.7 Å². The van der Waals surface area contributed by atoms with E-state index in [0.717, 1.165) is 36.4 Å². The predicted molar refractivity (Wildman–Crippen MR) is 134 cm³/mol. The van der Waals surface area contributed by atoms with Crippen molar-refractivity contribution in [3.63, 3.8) is 0 Å². The summed E-state index contributed by atoms with van der Waals surface area (Å²) in [5.41, 5.74) is 1.96. The van der Waals surface area contributed by atoms with E-state index in [1.807, 2.05) is 31.2 Å². The maximum atomic E-state index is 12.4. The third kappa shape index (κ3) is 9.24. The molecule has 0 saturated heterocycles. The smallest absolute Gasteiger partial charge is 0.244 e. The van der Waals surface area contributed by atoms with Crippen LogP contribution in [0.25, 0.3) is 0 Å². The number of likely N-dealkylation sites (N-methyl/N-ethyl adjacent to an activating group) is 1. The first kappa shape index (κ1) is 26.9. The Kier molecular flexibility index (Phi) is 12.8. The van der Waals surface area contributed by atoms with E-state index >= 15 is 0 Å². The number of aliphatic imine (C=N–C) groups is 1. The second-order valence-electron chi connectivity index (χ2n) is 7.17. The van der Waals surface area contributed by atoms with E-state index in [4.69, 9.17) is 4.52 Å². The van der Waals surface area contributed by atoms with Gasteiger partial charge < -0.3 is 20.1 Å². The first-order chi connectivity index (χ1) is 14.6. The number of halogens is 1. The molecule has 0 aliphatic rings. The van der Waals surface area contributed by atoms with Crippen molar-refractivity contribution in [2.45, 2.75) is 52.5 Å². The zero-order chi connectivity index (χ0) is 21.8. The molecular formula is C22H35IN6O2. The van der Waals surface area contributed by atoms with E-state index in [9.17, 15) is 4.79 Å². The first-order valence-corrected chi connectivity index (χ1v) is 10.7. The van der Waals surface area contributed by atoms with Crippen molar-refractivity contribution in [3.05, 3.63) is 47.6 Å². The van der Waals surface area contributed by atoms with Crippen molar-refractivity contribution in [2.24, 2.45) is 4.99 Å². The number of hydrogen-bond acceptors (Lipinski definition) is 5. The molecule has 0 spiro atoms. The molecule has 0 aliphatic carbocycles. The molecule has 2 aromatic heterocycles. The predicted octanol–water partition coefficient (Wildman–Crippen LogP) is 3.35. The van der Waals surface area contributed by atoms with E-state index in [-0.39, 0.29) is 36.4 Å². The fourth-order valence-corrected chi connectivity index (χ4v) is 3.04. The number of guanidine groups is 1. The second kappa shape index (κ2) is 14.8. The van der Waals surface area contributed by atoms with E-state index in [1.165, 1.54) is 0 Å².